The molecule has 2 aromatic carbocycles. The van der Waals surface area contributed by atoms with E-state index in [1.165, 1.54) is 0 Å². The lowest BCUT2D eigenvalue weighted by Gasteiger charge is -2.40. The molecule has 2 unspecified atom stereocenters. The first-order valence-electron chi connectivity index (χ1n) is 12.9. The molecular weight excluding hydrogens is 522 g/mol. The molecule has 0 amide bonds. The second kappa shape index (κ2) is 11.3. The van der Waals surface area contributed by atoms with Crippen LogP contribution in [-0.4, -0.2) is 58.0 Å². The predicted molar refractivity (Wildman–Crippen MR) is 146 cm³/mol. The van der Waals surface area contributed by atoms with Gasteiger partial charge in [0.2, 0.25) is 16.8 Å². The molecule has 0 radical (unpaired) electrons. The smallest absolute Gasteiger partial charge is 0.356 e. The summed E-state index contributed by atoms with van der Waals surface area (Å²) < 4.78 is 52.1. The molecule has 1 aliphatic carbocycles. The number of nitrogens with zero attached hydrogens (tertiary/aromatic N) is 1. The Labute approximate surface area is 228 Å². The third-order valence-corrected chi connectivity index (χ3v) is 9.00. The first-order valence-corrected chi connectivity index (χ1v) is 14.4. The summed E-state index contributed by atoms with van der Waals surface area (Å²) in [5.41, 5.74) is 2.94. The summed E-state index contributed by atoms with van der Waals surface area (Å²) in [4.78, 5) is 13.9. The van der Waals surface area contributed by atoms with Crippen molar-refractivity contribution in [2.45, 2.75) is 25.5 Å². The largest absolute Gasteiger partial charge is 0.459 e. The van der Waals surface area contributed by atoms with Gasteiger partial charge in [-0.1, -0.05) is 61.6 Å². The zero-order valence-electron chi connectivity index (χ0n) is 21.8. The summed E-state index contributed by atoms with van der Waals surface area (Å²) >= 11 is 0. The van der Waals surface area contributed by atoms with E-state index in [1.54, 1.807) is 49.4 Å². The molecule has 5 rings (SSSR count). The van der Waals surface area contributed by atoms with E-state index in [4.69, 9.17) is 24.1 Å². The van der Waals surface area contributed by atoms with Gasteiger partial charge in [0.25, 0.3) is 0 Å². The first kappa shape index (κ1) is 27.0. The van der Waals surface area contributed by atoms with Gasteiger partial charge in [-0.15, -0.1) is 0 Å². The summed E-state index contributed by atoms with van der Waals surface area (Å²) in [5, 5.41) is 8.01. The molecule has 39 heavy (non-hydrogen) atoms. The molecule has 2 aliphatic heterocycles. The number of hydrogen-bond donors (Lipinski definition) is 1. The SMILES string of the molecule is CCc1ccc(C2=C(C(=O)OCCOCCO)N(c3ccccc3C)S(=O)(=O)C3C=CC=CC23)c2c1OCO2. The highest BCUT2D eigenvalue weighted by molar-refractivity contribution is 7.94. The lowest BCUT2D eigenvalue weighted by atomic mass is 9.84. The highest BCUT2D eigenvalue weighted by atomic mass is 32.2. The zero-order chi connectivity index (χ0) is 27.6. The maximum Gasteiger partial charge on any atom is 0.356 e. The lowest BCUT2D eigenvalue weighted by Crippen LogP contribution is -2.49. The molecule has 0 aromatic heterocycles. The van der Waals surface area contributed by atoms with E-state index in [-0.39, 0.29) is 38.9 Å². The molecule has 9 nitrogen and oxygen atoms in total. The highest BCUT2D eigenvalue weighted by Gasteiger charge is 2.50. The van der Waals surface area contributed by atoms with Crippen molar-refractivity contribution >= 4 is 27.3 Å². The summed E-state index contributed by atoms with van der Waals surface area (Å²) in [6.45, 7) is 3.71. The van der Waals surface area contributed by atoms with E-state index < -0.39 is 27.2 Å². The number of rotatable bonds is 9. The highest BCUT2D eigenvalue weighted by Crippen LogP contribution is 2.51. The second-order valence-electron chi connectivity index (χ2n) is 9.28. The van der Waals surface area contributed by atoms with E-state index in [2.05, 4.69) is 0 Å². The van der Waals surface area contributed by atoms with Crippen molar-refractivity contribution in [1.82, 2.24) is 0 Å². The van der Waals surface area contributed by atoms with Crippen molar-refractivity contribution in [3.63, 3.8) is 0 Å². The lowest BCUT2D eigenvalue weighted by molar-refractivity contribution is -0.140. The Bertz CT molecular complexity index is 1460. The molecule has 0 saturated heterocycles. The minimum Gasteiger partial charge on any atom is -0.459 e. The third-order valence-electron chi connectivity index (χ3n) is 6.97. The van der Waals surface area contributed by atoms with Crippen molar-refractivity contribution in [1.29, 1.82) is 0 Å². The summed E-state index contributed by atoms with van der Waals surface area (Å²) in [6, 6.07) is 10.8. The fourth-order valence-corrected chi connectivity index (χ4v) is 7.20. The topological polar surface area (TPSA) is 112 Å². The number of sulfonamides is 1. The van der Waals surface area contributed by atoms with Crippen LogP contribution in [0, 0.1) is 12.8 Å². The Hall–Kier alpha value is -3.60. The maximum atomic E-state index is 14.2. The molecular formula is C29H31NO8S. The fourth-order valence-electron chi connectivity index (χ4n) is 5.17. The number of ether oxygens (including phenoxy) is 4. The minimum absolute atomic E-state index is 0.0260. The van der Waals surface area contributed by atoms with Crippen LogP contribution in [0.2, 0.25) is 0 Å². The van der Waals surface area contributed by atoms with Crippen LogP contribution in [0.1, 0.15) is 23.6 Å². The van der Waals surface area contributed by atoms with Crippen molar-refractivity contribution in [3.05, 3.63) is 83.1 Å². The average molecular weight is 554 g/mol. The van der Waals surface area contributed by atoms with Crippen LogP contribution in [0.15, 0.2) is 66.4 Å². The van der Waals surface area contributed by atoms with Crippen molar-refractivity contribution in [3.8, 4) is 11.5 Å². The van der Waals surface area contributed by atoms with Crippen LogP contribution in [0.25, 0.3) is 5.57 Å². The van der Waals surface area contributed by atoms with Gasteiger partial charge in [-0.05, 0) is 30.5 Å². The van der Waals surface area contributed by atoms with Gasteiger partial charge < -0.3 is 24.1 Å². The molecule has 10 heteroatoms. The van der Waals surface area contributed by atoms with Gasteiger partial charge in [0.15, 0.2) is 11.5 Å². The van der Waals surface area contributed by atoms with Crippen molar-refractivity contribution < 1.29 is 37.3 Å². The van der Waals surface area contributed by atoms with Crippen molar-refractivity contribution in [2.24, 2.45) is 5.92 Å². The van der Waals surface area contributed by atoms with Gasteiger partial charge >= 0.3 is 5.97 Å². The number of para-hydroxylation sites is 1. The minimum atomic E-state index is -4.10. The van der Waals surface area contributed by atoms with Crippen LogP contribution < -0.4 is 13.8 Å². The van der Waals surface area contributed by atoms with E-state index in [9.17, 15) is 13.2 Å². The Morgan fingerprint density at radius 3 is 2.59 bits per heavy atom. The molecule has 2 atom stereocenters. The normalized spacial score (nSPS) is 20.7. The number of fused-ring (bicyclic) bond motifs is 2. The van der Waals surface area contributed by atoms with E-state index >= 15 is 0 Å². The monoisotopic (exact) mass is 553 g/mol. The van der Waals surface area contributed by atoms with Crippen LogP contribution in [0.5, 0.6) is 11.5 Å². The zero-order valence-corrected chi connectivity index (χ0v) is 22.6. The van der Waals surface area contributed by atoms with Crippen molar-refractivity contribution in [2.75, 3.05) is 37.5 Å². The number of allylic oxidation sites excluding steroid dienone is 4. The number of benzene rings is 2. The molecule has 0 fully saturated rings. The van der Waals surface area contributed by atoms with Gasteiger partial charge in [-0.2, -0.15) is 0 Å². The Kier molecular flexibility index (Phi) is 7.79. The number of hydrogen-bond acceptors (Lipinski definition) is 8. The second-order valence-corrected chi connectivity index (χ2v) is 11.2. The number of carbonyl (C=O) groups excluding carboxylic acids is 1. The standard InChI is InChI=1S/C29H31NO8S/c1-3-20-12-13-22(28-27(20)37-18-38-28)25-21-9-5-7-11-24(21)39(33,34)30(23-10-6-4-8-19(23)2)26(25)29(32)36-17-16-35-15-14-31/h4-13,21,24,31H,3,14-18H2,1-2H3. The molecule has 2 heterocycles. The van der Waals surface area contributed by atoms with Gasteiger partial charge in [0.05, 0.1) is 25.5 Å². The Morgan fingerprint density at radius 2 is 1.82 bits per heavy atom. The van der Waals surface area contributed by atoms with E-state index in [0.29, 0.717) is 40.3 Å². The number of aryl methyl sites for hydroxylation is 2. The quantitative estimate of drug-likeness (QED) is 0.371. The molecule has 2 aromatic rings. The molecule has 0 bridgehead atoms. The number of aliphatic hydroxyl groups is 1. The van der Waals surface area contributed by atoms with Gasteiger partial charge in [0.1, 0.15) is 17.6 Å². The van der Waals surface area contributed by atoms with E-state index in [1.807, 2.05) is 25.1 Å². The third kappa shape index (κ3) is 4.84. The molecule has 1 N–H and O–H groups in total. The van der Waals surface area contributed by atoms with Gasteiger partial charge in [0, 0.05) is 17.1 Å². The summed E-state index contributed by atoms with van der Waals surface area (Å²) in [5.74, 6) is -0.408. The van der Waals surface area contributed by atoms with Crippen LogP contribution in [0.4, 0.5) is 5.69 Å². The summed E-state index contributed by atoms with van der Waals surface area (Å²) in [6.07, 6.45) is 7.64. The predicted octanol–water partition coefficient (Wildman–Crippen LogP) is 3.51. The Morgan fingerprint density at radius 1 is 1.05 bits per heavy atom. The van der Waals surface area contributed by atoms with Gasteiger partial charge in [-0.25, -0.2) is 17.5 Å². The van der Waals surface area contributed by atoms with Crippen LogP contribution >= 0.6 is 0 Å². The van der Waals surface area contributed by atoms with Gasteiger partial charge in [-0.3, -0.25) is 0 Å². The van der Waals surface area contributed by atoms with E-state index in [0.717, 1.165) is 9.87 Å². The average Bonchev–Trinajstić information content (AvgIpc) is 3.43. The fraction of sp³-hybridized carbons (Fsp3) is 0.345. The maximum absolute atomic E-state index is 14.2. The van der Waals surface area contributed by atoms with Crippen LogP contribution in [0.3, 0.4) is 0 Å². The molecule has 0 spiro atoms. The number of esters is 1. The molecule has 3 aliphatic rings. The molecule has 206 valence electrons. The summed E-state index contributed by atoms with van der Waals surface area (Å²) in [7, 11) is -4.10. The first-order chi connectivity index (χ1) is 18.9. The number of carbonyl (C=O) groups is 1. The number of anilines is 1. The molecule has 0 saturated carbocycles. The Balaban J connectivity index is 1.76. The van der Waals surface area contributed by atoms with Crippen LogP contribution in [-0.2, 0) is 30.7 Å². The number of aliphatic hydroxyl groups excluding tert-OH is 1.